The number of hydrogen-bond donors (Lipinski definition) is 2. The third-order valence-corrected chi connectivity index (χ3v) is 10.2. The van der Waals surface area contributed by atoms with Crippen LogP contribution in [0.25, 0.3) is 44.2 Å². The van der Waals surface area contributed by atoms with E-state index in [1.165, 1.54) is 25.7 Å². The monoisotopic (exact) mass is 571 g/mol. The van der Waals surface area contributed by atoms with Crippen LogP contribution in [-0.2, 0) is 15.6 Å². The van der Waals surface area contributed by atoms with E-state index in [9.17, 15) is 8.42 Å². The van der Waals surface area contributed by atoms with Gasteiger partial charge in [0.1, 0.15) is 5.65 Å². The maximum atomic E-state index is 13.2. The van der Waals surface area contributed by atoms with Gasteiger partial charge in [-0.05, 0) is 71.8 Å². The number of nitrogens with one attached hydrogen (secondary N) is 2. The van der Waals surface area contributed by atoms with Crippen LogP contribution in [-0.4, -0.2) is 24.9 Å². The van der Waals surface area contributed by atoms with E-state index in [4.69, 9.17) is 4.98 Å². The number of hydrogen-bond acceptors (Lipinski definition) is 4. The van der Waals surface area contributed by atoms with Crippen LogP contribution < -0.4 is 5.32 Å². The summed E-state index contributed by atoms with van der Waals surface area (Å²) in [6.07, 6.45) is 7.29. The molecule has 1 aliphatic carbocycles. The number of anilines is 1. The average Bonchev–Trinajstić information content (AvgIpc) is 3.68. The summed E-state index contributed by atoms with van der Waals surface area (Å²) >= 11 is 0. The largest absolute Gasteiger partial charge is 0.385 e. The first-order valence-electron chi connectivity index (χ1n) is 14.7. The molecular weight excluding hydrogens is 538 g/mol. The van der Waals surface area contributed by atoms with E-state index in [0.717, 1.165) is 67.9 Å². The second kappa shape index (κ2) is 11.1. The molecule has 7 rings (SSSR count). The van der Waals surface area contributed by atoms with Crippen molar-refractivity contribution < 1.29 is 8.42 Å². The lowest BCUT2D eigenvalue weighted by Gasteiger charge is -2.14. The van der Waals surface area contributed by atoms with Gasteiger partial charge in [0.15, 0.2) is 9.84 Å². The van der Waals surface area contributed by atoms with Crippen molar-refractivity contribution in [3.63, 3.8) is 0 Å². The molecule has 1 saturated carbocycles. The van der Waals surface area contributed by atoms with E-state index in [1.807, 2.05) is 48.7 Å². The Morgan fingerprint density at radius 1 is 0.810 bits per heavy atom. The van der Waals surface area contributed by atoms with E-state index in [0.29, 0.717) is 4.90 Å². The maximum Gasteiger partial charge on any atom is 0.182 e. The topological polar surface area (TPSA) is 74.8 Å². The summed E-state index contributed by atoms with van der Waals surface area (Å²) in [5, 5.41) is 5.59. The van der Waals surface area contributed by atoms with Crippen LogP contribution in [0.1, 0.15) is 31.2 Å². The van der Waals surface area contributed by atoms with Gasteiger partial charge in [-0.15, -0.1) is 0 Å². The SMILES string of the molecule is O=S(=O)(Cc1ccc2[nH]c3ncc(-c4ccc(NCC5CCCC5)cc4)c(-c4ccccc4)c3c2c1)c1ccccc1. The highest BCUT2D eigenvalue weighted by molar-refractivity contribution is 7.90. The van der Waals surface area contributed by atoms with Gasteiger partial charge in [0.05, 0.1) is 10.6 Å². The summed E-state index contributed by atoms with van der Waals surface area (Å²) in [5.74, 6) is 0.707. The molecule has 0 amide bonds. The van der Waals surface area contributed by atoms with E-state index in [2.05, 4.69) is 46.7 Å². The van der Waals surface area contributed by atoms with E-state index >= 15 is 0 Å². The third-order valence-electron chi connectivity index (χ3n) is 8.47. The lowest BCUT2D eigenvalue weighted by molar-refractivity contribution is 0.580. The highest BCUT2D eigenvalue weighted by Crippen LogP contribution is 2.41. The Kier molecular flexibility index (Phi) is 7.00. The Hall–Kier alpha value is -4.42. The van der Waals surface area contributed by atoms with Crippen molar-refractivity contribution in [1.82, 2.24) is 9.97 Å². The zero-order valence-electron chi connectivity index (χ0n) is 23.4. The fourth-order valence-electron chi connectivity index (χ4n) is 6.29. The van der Waals surface area contributed by atoms with Crippen molar-refractivity contribution in [3.05, 3.63) is 115 Å². The summed E-state index contributed by atoms with van der Waals surface area (Å²) in [4.78, 5) is 8.66. The number of rotatable bonds is 8. The molecule has 0 saturated heterocycles. The zero-order chi connectivity index (χ0) is 28.5. The Balaban J connectivity index is 1.32. The van der Waals surface area contributed by atoms with E-state index in [1.54, 1.807) is 24.3 Å². The van der Waals surface area contributed by atoms with Crippen molar-refractivity contribution in [1.29, 1.82) is 0 Å². The molecule has 2 heterocycles. The summed E-state index contributed by atoms with van der Waals surface area (Å²) in [7, 11) is -3.48. The normalized spacial score (nSPS) is 14.1. The number of fused-ring (bicyclic) bond motifs is 3. The van der Waals surface area contributed by atoms with E-state index in [-0.39, 0.29) is 5.75 Å². The summed E-state index contributed by atoms with van der Waals surface area (Å²) in [6, 6.07) is 33.5. The fraction of sp³-hybridized carbons (Fsp3) is 0.194. The van der Waals surface area contributed by atoms with Crippen molar-refractivity contribution in [2.75, 3.05) is 11.9 Å². The number of benzene rings is 4. The van der Waals surface area contributed by atoms with Crippen molar-refractivity contribution in [3.8, 4) is 22.3 Å². The molecule has 6 aromatic rings. The molecule has 0 atom stereocenters. The number of aromatic nitrogens is 2. The fourth-order valence-corrected chi connectivity index (χ4v) is 7.65. The molecule has 0 unspecified atom stereocenters. The van der Waals surface area contributed by atoms with Crippen LogP contribution in [0.5, 0.6) is 0 Å². The van der Waals surface area contributed by atoms with Crippen molar-refractivity contribution in [2.45, 2.75) is 36.3 Å². The van der Waals surface area contributed by atoms with Gasteiger partial charge >= 0.3 is 0 Å². The van der Waals surface area contributed by atoms with Crippen LogP contribution in [0, 0.1) is 5.92 Å². The molecule has 1 aliphatic rings. The second-order valence-corrected chi connectivity index (χ2v) is 13.3. The summed E-state index contributed by atoms with van der Waals surface area (Å²) < 4.78 is 26.4. The second-order valence-electron chi connectivity index (χ2n) is 11.3. The summed E-state index contributed by atoms with van der Waals surface area (Å²) in [5.41, 5.74) is 7.90. The first-order chi connectivity index (χ1) is 20.5. The Morgan fingerprint density at radius 2 is 1.52 bits per heavy atom. The van der Waals surface area contributed by atoms with Crippen LogP contribution in [0.4, 0.5) is 5.69 Å². The minimum Gasteiger partial charge on any atom is -0.385 e. The molecule has 4 aromatic carbocycles. The van der Waals surface area contributed by atoms with Crippen molar-refractivity contribution in [2.24, 2.45) is 5.92 Å². The third kappa shape index (κ3) is 5.19. The number of nitrogens with zero attached hydrogens (tertiary/aromatic N) is 1. The van der Waals surface area contributed by atoms with Crippen LogP contribution in [0.15, 0.2) is 114 Å². The number of H-pyrrole nitrogens is 1. The van der Waals surface area contributed by atoms with Gasteiger partial charge in [-0.2, -0.15) is 0 Å². The summed E-state index contributed by atoms with van der Waals surface area (Å²) in [6.45, 7) is 1.03. The predicted octanol–water partition coefficient (Wildman–Crippen LogP) is 8.63. The Bertz CT molecular complexity index is 1960. The smallest absolute Gasteiger partial charge is 0.182 e. The minimum atomic E-state index is -3.48. The molecule has 0 radical (unpaired) electrons. The van der Waals surface area contributed by atoms with Gasteiger partial charge in [-0.25, -0.2) is 13.4 Å². The van der Waals surface area contributed by atoms with Gasteiger partial charge in [-0.1, -0.05) is 79.6 Å². The molecule has 2 N–H and O–H groups in total. The highest BCUT2D eigenvalue weighted by atomic mass is 32.2. The Labute approximate surface area is 246 Å². The van der Waals surface area contributed by atoms with Gasteiger partial charge in [0, 0.05) is 45.8 Å². The average molecular weight is 572 g/mol. The molecule has 0 spiro atoms. The van der Waals surface area contributed by atoms with Crippen LogP contribution in [0.2, 0.25) is 0 Å². The molecule has 210 valence electrons. The van der Waals surface area contributed by atoms with E-state index < -0.39 is 9.84 Å². The predicted molar refractivity (Wildman–Crippen MR) is 172 cm³/mol. The number of aromatic amines is 1. The molecule has 6 heteroatoms. The lowest BCUT2D eigenvalue weighted by Crippen LogP contribution is -2.10. The number of sulfone groups is 1. The molecule has 5 nitrogen and oxygen atoms in total. The molecule has 1 fully saturated rings. The maximum absolute atomic E-state index is 13.2. The van der Waals surface area contributed by atoms with Crippen LogP contribution >= 0.6 is 0 Å². The standard InChI is InChI=1S/C36H33N3O2S/c40-42(41,30-13-5-2-6-14-30)24-26-15-20-33-31(21-26)35-34(28-11-3-1-4-12-28)32(23-38-36(35)39-33)27-16-18-29(19-17-27)37-22-25-9-7-8-10-25/h1-6,11-21,23,25,37H,7-10,22,24H2,(H,38,39). The molecule has 2 aromatic heterocycles. The van der Waals surface area contributed by atoms with Crippen LogP contribution in [0.3, 0.4) is 0 Å². The highest BCUT2D eigenvalue weighted by Gasteiger charge is 2.20. The van der Waals surface area contributed by atoms with Gasteiger partial charge in [-0.3, -0.25) is 0 Å². The molecule has 0 bridgehead atoms. The minimum absolute atomic E-state index is 0.0667. The van der Waals surface area contributed by atoms with Gasteiger partial charge < -0.3 is 10.3 Å². The van der Waals surface area contributed by atoms with Gasteiger partial charge in [0.25, 0.3) is 0 Å². The first-order valence-corrected chi connectivity index (χ1v) is 16.3. The zero-order valence-corrected chi connectivity index (χ0v) is 24.2. The Morgan fingerprint density at radius 3 is 2.26 bits per heavy atom. The molecular formula is C36H33N3O2S. The number of pyridine rings is 1. The molecule has 42 heavy (non-hydrogen) atoms. The quantitative estimate of drug-likeness (QED) is 0.192. The van der Waals surface area contributed by atoms with Crippen molar-refractivity contribution >= 4 is 37.5 Å². The van der Waals surface area contributed by atoms with Gasteiger partial charge in [0.2, 0.25) is 0 Å². The first kappa shape index (κ1) is 26.5. The molecule has 0 aliphatic heterocycles. The lowest BCUT2D eigenvalue weighted by atomic mass is 9.92.